The Hall–Kier alpha value is -1.87. The SMILES string of the molecule is CC(C)c1cccc(Oc2c(F)cccc2C(C)O)c1. The molecule has 106 valence electrons. The van der Waals surface area contributed by atoms with Gasteiger partial charge in [-0.2, -0.15) is 0 Å². The number of rotatable bonds is 4. The van der Waals surface area contributed by atoms with Crippen LogP contribution in [0.25, 0.3) is 0 Å². The van der Waals surface area contributed by atoms with Crippen molar-refractivity contribution in [2.45, 2.75) is 32.8 Å². The molecular formula is C17H19FO2. The summed E-state index contributed by atoms with van der Waals surface area (Å²) in [6.45, 7) is 5.76. The summed E-state index contributed by atoms with van der Waals surface area (Å²) in [6, 6.07) is 12.1. The zero-order valence-electron chi connectivity index (χ0n) is 11.9. The largest absolute Gasteiger partial charge is 0.454 e. The molecule has 0 aliphatic rings. The van der Waals surface area contributed by atoms with E-state index in [9.17, 15) is 9.50 Å². The van der Waals surface area contributed by atoms with Gasteiger partial charge in [-0.1, -0.05) is 38.1 Å². The number of hydrogen-bond acceptors (Lipinski definition) is 2. The molecule has 2 aromatic carbocycles. The summed E-state index contributed by atoms with van der Waals surface area (Å²) in [4.78, 5) is 0. The van der Waals surface area contributed by atoms with E-state index in [2.05, 4.69) is 13.8 Å². The van der Waals surface area contributed by atoms with Gasteiger partial charge in [0.25, 0.3) is 0 Å². The lowest BCUT2D eigenvalue weighted by atomic mass is 10.0. The Morgan fingerprint density at radius 2 is 1.75 bits per heavy atom. The molecule has 0 aromatic heterocycles. The van der Waals surface area contributed by atoms with Gasteiger partial charge in [-0.05, 0) is 36.6 Å². The van der Waals surface area contributed by atoms with E-state index in [4.69, 9.17) is 4.74 Å². The minimum atomic E-state index is -0.783. The third-order valence-corrected chi connectivity index (χ3v) is 3.19. The van der Waals surface area contributed by atoms with Crippen LogP contribution in [0.2, 0.25) is 0 Å². The maximum atomic E-state index is 13.9. The Balaban J connectivity index is 2.37. The summed E-state index contributed by atoms with van der Waals surface area (Å²) in [5.74, 6) is 0.556. The fourth-order valence-corrected chi connectivity index (χ4v) is 2.02. The Kier molecular flexibility index (Phi) is 4.40. The van der Waals surface area contributed by atoms with Crippen molar-refractivity contribution in [1.29, 1.82) is 0 Å². The smallest absolute Gasteiger partial charge is 0.168 e. The Labute approximate surface area is 118 Å². The van der Waals surface area contributed by atoms with Gasteiger partial charge in [-0.15, -0.1) is 0 Å². The normalized spacial score (nSPS) is 12.5. The fourth-order valence-electron chi connectivity index (χ4n) is 2.02. The second kappa shape index (κ2) is 6.06. The van der Waals surface area contributed by atoms with Crippen molar-refractivity contribution < 1.29 is 14.2 Å². The summed E-state index contributed by atoms with van der Waals surface area (Å²) in [6.07, 6.45) is -0.783. The molecular weight excluding hydrogens is 255 g/mol. The summed E-state index contributed by atoms with van der Waals surface area (Å²) < 4.78 is 19.6. The van der Waals surface area contributed by atoms with Gasteiger partial charge in [0, 0.05) is 5.56 Å². The zero-order chi connectivity index (χ0) is 14.7. The van der Waals surface area contributed by atoms with Crippen molar-refractivity contribution in [3.05, 3.63) is 59.4 Å². The van der Waals surface area contributed by atoms with Crippen LogP contribution in [0, 0.1) is 5.82 Å². The summed E-state index contributed by atoms with van der Waals surface area (Å²) in [5, 5.41) is 9.70. The highest BCUT2D eigenvalue weighted by atomic mass is 19.1. The van der Waals surface area contributed by atoms with Crippen LogP contribution in [0.15, 0.2) is 42.5 Å². The first-order valence-corrected chi connectivity index (χ1v) is 6.73. The second-order valence-corrected chi connectivity index (χ2v) is 5.16. The van der Waals surface area contributed by atoms with E-state index in [-0.39, 0.29) is 5.75 Å². The number of ether oxygens (including phenoxy) is 1. The summed E-state index contributed by atoms with van der Waals surface area (Å²) in [5.41, 5.74) is 1.57. The molecule has 0 saturated carbocycles. The van der Waals surface area contributed by atoms with E-state index >= 15 is 0 Å². The minimum absolute atomic E-state index is 0.0865. The number of para-hydroxylation sites is 1. The van der Waals surface area contributed by atoms with E-state index in [1.54, 1.807) is 25.1 Å². The first kappa shape index (κ1) is 14.5. The maximum absolute atomic E-state index is 13.9. The van der Waals surface area contributed by atoms with Gasteiger partial charge in [0.1, 0.15) is 5.75 Å². The molecule has 0 heterocycles. The Morgan fingerprint density at radius 3 is 2.40 bits per heavy atom. The van der Waals surface area contributed by atoms with Crippen molar-refractivity contribution in [3.63, 3.8) is 0 Å². The highest BCUT2D eigenvalue weighted by Gasteiger charge is 2.15. The van der Waals surface area contributed by atoms with Gasteiger partial charge in [-0.3, -0.25) is 0 Å². The van der Waals surface area contributed by atoms with Crippen LogP contribution in [0.3, 0.4) is 0 Å². The van der Waals surface area contributed by atoms with Gasteiger partial charge in [0.15, 0.2) is 11.6 Å². The molecule has 0 amide bonds. The number of benzene rings is 2. The molecule has 3 heteroatoms. The van der Waals surface area contributed by atoms with Crippen LogP contribution < -0.4 is 4.74 Å². The van der Waals surface area contributed by atoms with E-state index in [0.717, 1.165) is 5.56 Å². The predicted octanol–water partition coefficient (Wildman–Crippen LogP) is 4.79. The number of hydrogen-bond donors (Lipinski definition) is 1. The number of aliphatic hydroxyl groups excluding tert-OH is 1. The third-order valence-electron chi connectivity index (χ3n) is 3.19. The third kappa shape index (κ3) is 3.17. The lowest BCUT2D eigenvalue weighted by Gasteiger charge is -2.15. The van der Waals surface area contributed by atoms with Crippen LogP contribution in [-0.2, 0) is 0 Å². The molecule has 1 N–H and O–H groups in total. The zero-order valence-corrected chi connectivity index (χ0v) is 11.9. The highest BCUT2D eigenvalue weighted by Crippen LogP contribution is 2.33. The predicted molar refractivity (Wildman–Crippen MR) is 77.6 cm³/mol. The Morgan fingerprint density at radius 1 is 1.05 bits per heavy atom. The van der Waals surface area contributed by atoms with Gasteiger partial charge in [-0.25, -0.2) is 4.39 Å². The van der Waals surface area contributed by atoms with Crippen LogP contribution in [0.4, 0.5) is 4.39 Å². The molecule has 2 nitrogen and oxygen atoms in total. The molecule has 2 rings (SSSR count). The fraction of sp³-hybridized carbons (Fsp3) is 0.294. The molecule has 0 spiro atoms. The van der Waals surface area contributed by atoms with Crippen LogP contribution in [-0.4, -0.2) is 5.11 Å². The first-order valence-electron chi connectivity index (χ1n) is 6.73. The maximum Gasteiger partial charge on any atom is 0.168 e. The van der Waals surface area contributed by atoms with Gasteiger partial charge in [0.2, 0.25) is 0 Å². The first-order chi connectivity index (χ1) is 9.49. The average molecular weight is 274 g/mol. The van der Waals surface area contributed by atoms with Crippen molar-refractivity contribution in [1.82, 2.24) is 0 Å². The van der Waals surface area contributed by atoms with Crippen molar-refractivity contribution in [2.75, 3.05) is 0 Å². The van der Waals surface area contributed by atoms with Crippen molar-refractivity contribution >= 4 is 0 Å². The number of aliphatic hydroxyl groups is 1. The minimum Gasteiger partial charge on any atom is -0.454 e. The summed E-state index contributed by atoms with van der Waals surface area (Å²) in [7, 11) is 0. The monoisotopic (exact) mass is 274 g/mol. The lowest BCUT2D eigenvalue weighted by Crippen LogP contribution is -1.99. The molecule has 0 bridgehead atoms. The lowest BCUT2D eigenvalue weighted by molar-refractivity contribution is 0.194. The Bertz CT molecular complexity index is 591. The average Bonchev–Trinajstić information content (AvgIpc) is 2.41. The molecule has 0 aliphatic heterocycles. The molecule has 2 aromatic rings. The van der Waals surface area contributed by atoms with E-state index < -0.39 is 11.9 Å². The van der Waals surface area contributed by atoms with Crippen molar-refractivity contribution in [3.8, 4) is 11.5 Å². The van der Waals surface area contributed by atoms with Crippen molar-refractivity contribution in [2.24, 2.45) is 0 Å². The molecule has 0 radical (unpaired) electrons. The standard InChI is InChI=1S/C17H19FO2/c1-11(2)13-6-4-7-14(10-13)20-17-15(12(3)19)8-5-9-16(17)18/h4-12,19H,1-3H3. The topological polar surface area (TPSA) is 29.5 Å². The van der Waals surface area contributed by atoms with Gasteiger partial charge >= 0.3 is 0 Å². The highest BCUT2D eigenvalue weighted by molar-refractivity contribution is 5.41. The molecule has 0 fully saturated rings. The van der Waals surface area contributed by atoms with E-state index in [0.29, 0.717) is 17.2 Å². The van der Waals surface area contributed by atoms with Crippen LogP contribution >= 0.6 is 0 Å². The molecule has 0 saturated heterocycles. The molecule has 1 unspecified atom stereocenters. The van der Waals surface area contributed by atoms with Crippen LogP contribution in [0.1, 0.15) is 43.9 Å². The van der Waals surface area contributed by atoms with Crippen LogP contribution in [0.5, 0.6) is 11.5 Å². The van der Waals surface area contributed by atoms with Gasteiger partial charge in [0.05, 0.1) is 6.10 Å². The van der Waals surface area contributed by atoms with Gasteiger partial charge < -0.3 is 9.84 Å². The second-order valence-electron chi connectivity index (χ2n) is 5.16. The molecule has 1 atom stereocenters. The molecule has 0 aliphatic carbocycles. The quantitative estimate of drug-likeness (QED) is 0.868. The summed E-state index contributed by atoms with van der Waals surface area (Å²) >= 11 is 0. The number of halogens is 1. The van der Waals surface area contributed by atoms with E-state index in [1.807, 2.05) is 18.2 Å². The van der Waals surface area contributed by atoms with E-state index in [1.165, 1.54) is 6.07 Å². The molecule has 20 heavy (non-hydrogen) atoms.